The fourth-order valence-corrected chi connectivity index (χ4v) is 3.48. The Balaban J connectivity index is 1.79. The van der Waals surface area contributed by atoms with Gasteiger partial charge in [0, 0.05) is 18.7 Å². The molecule has 2 heterocycles. The van der Waals surface area contributed by atoms with E-state index in [1.165, 1.54) is 6.92 Å². The van der Waals surface area contributed by atoms with Gasteiger partial charge in [0.25, 0.3) is 5.91 Å². The number of ketones is 1. The van der Waals surface area contributed by atoms with Crippen LogP contribution in [0.15, 0.2) is 42.6 Å². The number of benzene rings is 1. The Kier molecular flexibility index (Phi) is 6.37. The van der Waals surface area contributed by atoms with Crippen molar-refractivity contribution < 1.29 is 27.5 Å². The van der Waals surface area contributed by atoms with Crippen LogP contribution in [0, 0.1) is 0 Å². The van der Waals surface area contributed by atoms with Crippen LogP contribution in [0.3, 0.4) is 0 Å². The molecular weight excluding hydrogens is 443 g/mol. The molecule has 0 aliphatic carbocycles. The minimum absolute atomic E-state index is 0.0137. The van der Waals surface area contributed by atoms with E-state index < -0.39 is 24.6 Å². The monoisotopic (exact) mass is 455 g/mol. The van der Waals surface area contributed by atoms with Gasteiger partial charge in [-0.05, 0) is 6.07 Å². The molecular formula is C19H13ClF3N3O3S. The Bertz CT molecular complexity index is 1090. The number of pyridine rings is 1. The van der Waals surface area contributed by atoms with Crippen molar-refractivity contribution in [2.75, 3.05) is 11.9 Å². The van der Waals surface area contributed by atoms with E-state index in [0.29, 0.717) is 10.6 Å². The van der Waals surface area contributed by atoms with Gasteiger partial charge in [-0.3, -0.25) is 14.9 Å². The van der Waals surface area contributed by atoms with Crippen LogP contribution < -0.4 is 10.1 Å². The highest BCUT2D eigenvalue weighted by molar-refractivity contribution is 7.18. The number of carbonyl (C=O) groups is 2. The molecule has 0 atom stereocenters. The lowest BCUT2D eigenvalue weighted by molar-refractivity contribution is -0.154. The molecule has 0 spiro atoms. The first kappa shape index (κ1) is 21.7. The molecule has 11 heteroatoms. The third kappa shape index (κ3) is 5.33. The highest BCUT2D eigenvalue weighted by Crippen LogP contribution is 2.32. The maximum atomic E-state index is 12.5. The number of alkyl halides is 3. The first-order valence-corrected chi connectivity index (χ1v) is 9.57. The van der Waals surface area contributed by atoms with E-state index in [4.69, 9.17) is 11.6 Å². The fourth-order valence-electron chi connectivity index (χ4n) is 2.38. The Morgan fingerprint density at radius 1 is 1.23 bits per heavy atom. The van der Waals surface area contributed by atoms with Gasteiger partial charge in [0.1, 0.15) is 5.02 Å². The van der Waals surface area contributed by atoms with Crippen LogP contribution in [0.5, 0.6) is 5.88 Å². The van der Waals surface area contributed by atoms with Crippen LogP contribution in [0.4, 0.5) is 18.3 Å². The quantitative estimate of drug-likeness (QED) is 0.513. The van der Waals surface area contributed by atoms with Crippen LogP contribution in [0.1, 0.15) is 27.0 Å². The van der Waals surface area contributed by atoms with Crippen molar-refractivity contribution in [3.8, 4) is 17.1 Å². The lowest BCUT2D eigenvalue weighted by Crippen LogP contribution is -2.20. The standard InChI is InChI=1S/C19H13ClF3N3O3S/c1-10(27)15-14(11-5-3-2-4-6-11)25-18(30-15)26-16(28)12-7-13(20)17(24-8-12)29-9-19(21,22)23/h2-8H,9H2,1H3,(H,25,26,28). The second kappa shape index (κ2) is 8.80. The summed E-state index contributed by atoms with van der Waals surface area (Å²) >= 11 is 6.87. The number of anilines is 1. The van der Waals surface area contributed by atoms with Crippen LogP contribution in [-0.4, -0.2) is 34.4 Å². The number of rotatable bonds is 6. The van der Waals surface area contributed by atoms with Gasteiger partial charge < -0.3 is 4.74 Å². The SMILES string of the molecule is CC(=O)c1sc(NC(=O)c2cnc(OCC(F)(F)F)c(Cl)c2)nc1-c1ccccc1. The number of nitrogens with one attached hydrogen (secondary N) is 1. The van der Waals surface area contributed by atoms with E-state index >= 15 is 0 Å². The Morgan fingerprint density at radius 2 is 1.93 bits per heavy atom. The zero-order chi connectivity index (χ0) is 21.9. The number of nitrogens with zero attached hydrogens (tertiary/aromatic N) is 2. The van der Waals surface area contributed by atoms with Crippen molar-refractivity contribution in [1.29, 1.82) is 0 Å². The summed E-state index contributed by atoms with van der Waals surface area (Å²) < 4.78 is 41.2. The van der Waals surface area contributed by atoms with Gasteiger partial charge in [-0.15, -0.1) is 0 Å². The molecule has 1 aromatic carbocycles. The molecule has 0 unspecified atom stereocenters. The molecule has 2 aromatic heterocycles. The molecule has 0 saturated heterocycles. The first-order chi connectivity index (χ1) is 14.1. The minimum atomic E-state index is -4.54. The topological polar surface area (TPSA) is 81.2 Å². The summed E-state index contributed by atoms with van der Waals surface area (Å²) in [4.78, 5) is 32.8. The maximum absolute atomic E-state index is 12.5. The second-order valence-corrected chi connectivity index (χ2v) is 7.39. The van der Waals surface area contributed by atoms with E-state index in [1.54, 1.807) is 24.3 Å². The van der Waals surface area contributed by atoms with Crippen LogP contribution in [0.2, 0.25) is 5.02 Å². The molecule has 156 valence electrons. The molecule has 30 heavy (non-hydrogen) atoms. The number of Topliss-reactive ketones (excluding diaryl/α,β-unsaturated/α-hetero) is 1. The lowest BCUT2D eigenvalue weighted by atomic mass is 10.1. The number of aromatic nitrogens is 2. The smallest absolute Gasteiger partial charge is 0.422 e. The molecule has 0 fully saturated rings. The molecule has 1 N–H and O–H groups in total. The van der Waals surface area contributed by atoms with Crippen molar-refractivity contribution in [2.24, 2.45) is 0 Å². The molecule has 0 radical (unpaired) electrons. The zero-order valence-corrected chi connectivity index (χ0v) is 16.9. The largest absolute Gasteiger partial charge is 0.467 e. The Morgan fingerprint density at radius 3 is 2.53 bits per heavy atom. The molecule has 0 aliphatic rings. The van der Waals surface area contributed by atoms with Crippen molar-refractivity contribution in [3.05, 3.63) is 58.1 Å². The number of carbonyl (C=O) groups excluding carboxylic acids is 2. The summed E-state index contributed by atoms with van der Waals surface area (Å²) in [6.45, 7) is -0.157. The first-order valence-electron chi connectivity index (χ1n) is 8.37. The number of hydrogen-bond acceptors (Lipinski definition) is 6. The minimum Gasteiger partial charge on any atom is -0.467 e. The van der Waals surface area contributed by atoms with Crippen molar-refractivity contribution in [2.45, 2.75) is 13.1 Å². The van der Waals surface area contributed by atoms with Gasteiger partial charge in [-0.2, -0.15) is 13.2 Å². The summed E-state index contributed by atoms with van der Waals surface area (Å²) in [5.74, 6) is -1.29. The maximum Gasteiger partial charge on any atom is 0.422 e. The number of ether oxygens (including phenoxy) is 1. The lowest BCUT2D eigenvalue weighted by Gasteiger charge is -2.10. The van der Waals surface area contributed by atoms with E-state index in [1.807, 2.05) is 6.07 Å². The van der Waals surface area contributed by atoms with E-state index in [2.05, 4.69) is 20.0 Å². The highest BCUT2D eigenvalue weighted by Gasteiger charge is 2.29. The number of thiazole rings is 1. The summed E-state index contributed by atoms with van der Waals surface area (Å²) in [6, 6.07) is 10.1. The Labute approximate surface area is 177 Å². The molecule has 6 nitrogen and oxygen atoms in total. The van der Waals surface area contributed by atoms with Gasteiger partial charge >= 0.3 is 6.18 Å². The van der Waals surface area contributed by atoms with Gasteiger partial charge in [0.2, 0.25) is 5.88 Å². The molecule has 0 bridgehead atoms. The predicted octanol–water partition coefficient (Wildman–Crippen LogP) is 5.25. The average Bonchev–Trinajstić information content (AvgIpc) is 3.11. The predicted molar refractivity (Wildman–Crippen MR) is 106 cm³/mol. The molecule has 0 aliphatic heterocycles. The second-order valence-electron chi connectivity index (χ2n) is 5.99. The van der Waals surface area contributed by atoms with Gasteiger partial charge in [-0.1, -0.05) is 53.3 Å². The van der Waals surface area contributed by atoms with E-state index in [9.17, 15) is 22.8 Å². The van der Waals surface area contributed by atoms with Crippen LogP contribution >= 0.6 is 22.9 Å². The molecule has 0 saturated carbocycles. The number of hydrogen-bond donors (Lipinski definition) is 1. The summed E-state index contributed by atoms with van der Waals surface area (Å²) in [5.41, 5.74) is 1.14. The van der Waals surface area contributed by atoms with Crippen LogP contribution in [0.25, 0.3) is 11.3 Å². The third-order valence-electron chi connectivity index (χ3n) is 3.66. The Hall–Kier alpha value is -2.98. The van der Waals surface area contributed by atoms with Crippen molar-refractivity contribution in [1.82, 2.24) is 9.97 Å². The van der Waals surface area contributed by atoms with Crippen LogP contribution in [-0.2, 0) is 0 Å². The summed E-state index contributed by atoms with van der Waals surface area (Å²) in [7, 11) is 0. The molecule has 1 amide bonds. The normalized spacial score (nSPS) is 11.2. The highest BCUT2D eigenvalue weighted by atomic mass is 35.5. The average molecular weight is 456 g/mol. The molecule has 3 aromatic rings. The van der Waals surface area contributed by atoms with Crippen molar-refractivity contribution in [3.63, 3.8) is 0 Å². The van der Waals surface area contributed by atoms with Gasteiger partial charge in [0.05, 0.1) is 16.1 Å². The van der Waals surface area contributed by atoms with Gasteiger partial charge in [0.15, 0.2) is 17.5 Å². The zero-order valence-electron chi connectivity index (χ0n) is 15.3. The number of halogens is 4. The van der Waals surface area contributed by atoms with Gasteiger partial charge in [-0.25, -0.2) is 9.97 Å². The number of amides is 1. The molecule has 3 rings (SSSR count). The fraction of sp³-hybridized carbons (Fsp3) is 0.158. The van der Waals surface area contributed by atoms with E-state index in [0.717, 1.165) is 29.2 Å². The summed E-state index contributed by atoms with van der Waals surface area (Å²) in [5, 5.41) is 2.47. The van der Waals surface area contributed by atoms with E-state index in [-0.39, 0.29) is 21.5 Å². The summed E-state index contributed by atoms with van der Waals surface area (Å²) in [6.07, 6.45) is -3.51. The van der Waals surface area contributed by atoms with Crippen molar-refractivity contribution >= 4 is 39.8 Å². The third-order valence-corrected chi connectivity index (χ3v) is 5.00.